The van der Waals surface area contributed by atoms with Gasteiger partial charge in [0.1, 0.15) is 11.5 Å². The molecule has 1 atom stereocenters. The summed E-state index contributed by atoms with van der Waals surface area (Å²) >= 11 is 5.45. The summed E-state index contributed by atoms with van der Waals surface area (Å²) in [4.78, 5) is 47.0. The molecule has 1 fully saturated rings. The number of nitrogens with zero attached hydrogens (tertiary/aromatic N) is 1. The SMILES string of the molecule is COc1cccc(Nc2c(C(N)=O)cnc3c(C)cc(Sc4cccc(C(=O)Nc5ccc(C6(CCCCNC[C@H](O)c7ccc(O)c8[nH]c(=O)ccc78)SCCS6)cc5)c4)cc23)c1. The molecule has 0 spiro atoms. The Morgan fingerprint density at radius 1 is 0.922 bits per heavy atom. The van der Waals surface area contributed by atoms with Gasteiger partial charge >= 0.3 is 0 Å². The number of aliphatic hydroxyl groups is 1. The molecule has 1 aliphatic rings. The second kappa shape index (κ2) is 19.8. The largest absolute Gasteiger partial charge is 0.506 e. The van der Waals surface area contributed by atoms with Gasteiger partial charge in [-0.05, 0) is 116 Å². The number of aromatic amines is 1. The second-order valence-corrected chi connectivity index (χ2v) is 19.7. The van der Waals surface area contributed by atoms with E-state index in [4.69, 9.17) is 10.5 Å². The van der Waals surface area contributed by atoms with Gasteiger partial charge in [-0.25, -0.2) is 0 Å². The molecule has 8 N–H and O–H groups in total. The van der Waals surface area contributed by atoms with Gasteiger partial charge in [0.25, 0.3) is 11.8 Å². The van der Waals surface area contributed by atoms with Crippen molar-refractivity contribution in [3.8, 4) is 11.5 Å². The van der Waals surface area contributed by atoms with Crippen LogP contribution in [0.2, 0.25) is 0 Å². The average Bonchev–Trinajstić information content (AvgIpc) is 3.78. The van der Waals surface area contributed by atoms with E-state index >= 15 is 0 Å². The molecule has 15 heteroatoms. The Morgan fingerprint density at radius 3 is 2.50 bits per heavy atom. The molecule has 1 aliphatic heterocycles. The number of phenols is 1. The minimum absolute atomic E-state index is 0.0316. The molecular weight excluding hydrogens is 865 g/mol. The number of hydrogen-bond acceptors (Lipinski definition) is 12. The number of hydrogen-bond donors (Lipinski definition) is 7. The monoisotopic (exact) mass is 912 g/mol. The van der Waals surface area contributed by atoms with Crippen LogP contribution in [-0.4, -0.2) is 63.7 Å². The lowest BCUT2D eigenvalue weighted by molar-refractivity contribution is 0.0998. The summed E-state index contributed by atoms with van der Waals surface area (Å²) in [5.41, 5.74) is 12.1. The highest BCUT2D eigenvalue weighted by molar-refractivity contribution is 8.20. The molecular formula is C49H48N6O6S3. The van der Waals surface area contributed by atoms with Crippen molar-refractivity contribution in [1.82, 2.24) is 15.3 Å². The van der Waals surface area contributed by atoms with E-state index in [-0.39, 0.29) is 26.9 Å². The number of benzene rings is 5. The number of primary amides is 1. The number of H-pyrrole nitrogens is 1. The maximum atomic E-state index is 13.6. The quantitative estimate of drug-likeness (QED) is 0.0429. The van der Waals surface area contributed by atoms with Gasteiger partial charge in [0.05, 0.1) is 39.6 Å². The first-order chi connectivity index (χ1) is 31.0. The lowest BCUT2D eigenvalue weighted by Gasteiger charge is -2.28. The van der Waals surface area contributed by atoms with E-state index in [1.807, 2.05) is 97.2 Å². The molecule has 0 saturated carbocycles. The molecule has 0 radical (unpaired) electrons. The summed E-state index contributed by atoms with van der Waals surface area (Å²) in [5.74, 6) is 1.96. The van der Waals surface area contributed by atoms with Crippen molar-refractivity contribution in [1.29, 1.82) is 0 Å². The molecule has 0 unspecified atom stereocenters. The number of aromatic hydroxyl groups is 1. The summed E-state index contributed by atoms with van der Waals surface area (Å²) in [7, 11) is 1.60. The minimum atomic E-state index is -0.801. The van der Waals surface area contributed by atoms with Crippen molar-refractivity contribution in [3.05, 3.63) is 154 Å². The third kappa shape index (κ3) is 10.0. The Labute approximate surface area is 383 Å². The van der Waals surface area contributed by atoms with Crippen LogP contribution < -0.4 is 32.0 Å². The highest BCUT2D eigenvalue weighted by atomic mass is 32.2. The Hall–Kier alpha value is -5.97. The van der Waals surface area contributed by atoms with E-state index in [1.165, 1.54) is 35.7 Å². The topological polar surface area (TPSA) is 192 Å². The average molecular weight is 913 g/mol. The molecule has 1 saturated heterocycles. The smallest absolute Gasteiger partial charge is 0.255 e. The summed E-state index contributed by atoms with van der Waals surface area (Å²) < 4.78 is 5.33. The molecule has 7 aromatic rings. The minimum Gasteiger partial charge on any atom is -0.506 e. The molecule has 2 amide bonds. The zero-order chi connectivity index (χ0) is 44.8. The molecule has 0 aliphatic carbocycles. The third-order valence-corrected chi connectivity index (χ3v) is 15.7. The Kier molecular flexibility index (Phi) is 13.8. The number of aromatic nitrogens is 2. The van der Waals surface area contributed by atoms with Crippen molar-refractivity contribution in [2.75, 3.05) is 42.3 Å². The zero-order valence-electron chi connectivity index (χ0n) is 35.3. The summed E-state index contributed by atoms with van der Waals surface area (Å²) in [5, 5.41) is 32.3. The highest BCUT2D eigenvalue weighted by Crippen LogP contribution is 2.55. The lowest BCUT2D eigenvalue weighted by atomic mass is 10.0. The number of carbonyl (C=O) groups excluding carboxylic acids is 2. The number of methoxy groups -OCH3 is 1. The fourth-order valence-corrected chi connectivity index (χ4v) is 12.3. The Balaban J connectivity index is 0.884. The normalized spacial score (nSPS) is 13.8. The van der Waals surface area contributed by atoms with Crippen LogP contribution in [0.4, 0.5) is 17.1 Å². The van der Waals surface area contributed by atoms with E-state index < -0.39 is 12.0 Å². The van der Waals surface area contributed by atoms with Crippen LogP contribution in [0.5, 0.6) is 11.5 Å². The number of unbranched alkanes of at least 4 members (excludes halogenated alkanes) is 1. The van der Waals surface area contributed by atoms with Gasteiger partial charge in [-0.1, -0.05) is 42.1 Å². The van der Waals surface area contributed by atoms with E-state index in [0.717, 1.165) is 69.3 Å². The summed E-state index contributed by atoms with van der Waals surface area (Å²) in [6, 6.07) is 33.3. The number of amides is 2. The molecule has 64 heavy (non-hydrogen) atoms. The Morgan fingerprint density at radius 2 is 1.72 bits per heavy atom. The van der Waals surface area contributed by atoms with Crippen molar-refractivity contribution in [3.63, 3.8) is 0 Å². The fourth-order valence-electron chi connectivity index (χ4n) is 7.94. The summed E-state index contributed by atoms with van der Waals surface area (Å²) in [6.45, 7) is 3.06. The number of anilines is 3. The standard InChI is InChI=1S/C49H48N6O6S3/c1-29-23-36(26-39-44(29)52-27-40(47(50)59)45(39)53-33-8-6-9-34(25-33)61-2)64-35-10-5-7-30(24-35)48(60)54-32-13-11-31(12-14-32)49(62-21-22-63-49)19-3-4-20-51-28-42(57)37-15-17-41(56)46-38(37)16-18-43(58)55-46/h5-18,23-27,42,51,56-57H,3-4,19-22,28H2,1-2H3,(H2,50,59)(H,52,53)(H,54,60)(H,55,58)/t42-/m0/s1. The number of nitrogens with two attached hydrogens (primary N) is 1. The van der Waals surface area contributed by atoms with Crippen molar-refractivity contribution < 1.29 is 24.5 Å². The van der Waals surface area contributed by atoms with Gasteiger partial charge in [0, 0.05) is 73.9 Å². The van der Waals surface area contributed by atoms with Gasteiger partial charge in [-0.3, -0.25) is 19.4 Å². The van der Waals surface area contributed by atoms with Crippen LogP contribution in [0, 0.1) is 6.92 Å². The molecule has 0 bridgehead atoms. The first-order valence-electron chi connectivity index (χ1n) is 20.9. The molecule has 12 nitrogen and oxygen atoms in total. The number of nitrogens with one attached hydrogen (secondary N) is 4. The van der Waals surface area contributed by atoms with Gasteiger partial charge in [0.2, 0.25) is 5.56 Å². The number of ether oxygens (including phenoxy) is 1. The van der Waals surface area contributed by atoms with E-state index in [1.54, 1.807) is 25.3 Å². The number of pyridine rings is 2. The van der Waals surface area contributed by atoms with Crippen LogP contribution in [0.15, 0.2) is 130 Å². The molecule has 2 aromatic heterocycles. The first-order valence-corrected chi connectivity index (χ1v) is 23.6. The number of aliphatic hydroxyl groups excluding tert-OH is 1. The third-order valence-electron chi connectivity index (χ3n) is 11.1. The zero-order valence-corrected chi connectivity index (χ0v) is 37.7. The van der Waals surface area contributed by atoms with E-state index in [9.17, 15) is 24.6 Å². The molecule has 3 heterocycles. The van der Waals surface area contributed by atoms with Gasteiger partial charge in [0.15, 0.2) is 0 Å². The predicted octanol–water partition coefficient (Wildman–Crippen LogP) is 9.47. The van der Waals surface area contributed by atoms with Crippen molar-refractivity contribution in [2.24, 2.45) is 5.73 Å². The molecule has 5 aromatic carbocycles. The molecule has 328 valence electrons. The van der Waals surface area contributed by atoms with Crippen LogP contribution in [0.25, 0.3) is 21.8 Å². The maximum absolute atomic E-state index is 13.6. The van der Waals surface area contributed by atoms with Gasteiger partial charge in [-0.2, -0.15) is 0 Å². The van der Waals surface area contributed by atoms with Crippen molar-refractivity contribution in [2.45, 2.75) is 46.2 Å². The fraction of sp³-hybridized carbons (Fsp3) is 0.224. The number of carbonyl (C=O) groups is 2. The van der Waals surface area contributed by atoms with Crippen molar-refractivity contribution >= 4 is 86.0 Å². The van der Waals surface area contributed by atoms with Gasteiger partial charge < -0.3 is 41.6 Å². The summed E-state index contributed by atoms with van der Waals surface area (Å²) in [6.07, 6.45) is 3.61. The van der Waals surface area contributed by atoms with Crippen LogP contribution in [-0.2, 0) is 4.08 Å². The first kappa shape index (κ1) is 44.6. The van der Waals surface area contributed by atoms with Crippen LogP contribution >= 0.6 is 35.3 Å². The second-order valence-electron chi connectivity index (χ2n) is 15.5. The van der Waals surface area contributed by atoms with Gasteiger partial charge in [-0.15, -0.1) is 23.5 Å². The Bertz CT molecular complexity index is 2900. The number of thioether (sulfide) groups is 2. The highest BCUT2D eigenvalue weighted by Gasteiger charge is 2.36. The predicted molar refractivity (Wildman–Crippen MR) is 261 cm³/mol. The molecule has 8 rings (SSSR count). The number of fused-ring (bicyclic) bond motifs is 2. The van der Waals surface area contributed by atoms with E-state index in [0.29, 0.717) is 45.7 Å². The van der Waals surface area contributed by atoms with Crippen LogP contribution in [0.3, 0.4) is 0 Å². The number of rotatable bonds is 17. The maximum Gasteiger partial charge on any atom is 0.255 e. The lowest BCUT2D eigenvalue weighted by Crippen LogP contribution is -2.23. The van der Waals surface area contributed by atoms with Crippen LogP contribution in [0.1, 0.15) is 62.8 Å². The number of phenolic OH excluding ortho intramolecular Hbond substituents is 1. The number of aryl methyl sites for hydroxylation is 1. The van der Waals surface area contributed by atoms with E-state index in [2.05, 4.69) is 38.1 Å².